The highest BCUT2D eigenvalue weighted by Crippen LogP contribution is 2.59. The molecule has 0 radical (unpaired) electrons. The Morgan fingerprint density at radius 3 is 2.22 bits per heavy atom. The number of quaternary nitrogens is 1. The molecule has 7 heteroatoms. The second-order valence-corrected chi connectivity index (χ2v) is 16.6. The van der Waals surface area contributed by atoms with Crippen LogP contribution in [-0.2, 0) is 0 Å². The number of nitrogens with zero attached hydrogens (tertiary/aromatic N) is 5. The summed E-state index contributed by atoms with van der Waals surface area (Å²) in [5, 5.41) is 8.37. The van der Waals surface area contributed by atoms with Gasteiger partial charge in [-0.2, -0.15) is 4.57 Å². The number of benzene rings is 5. The molecule has 0 amide bonds. The van der Waals surface area contributed by atoms with Gasteiger partial charge in [-0.15, -0.1) is 0 Å². The zero-order chi connectivity index (χ0) is 29.5. The van der Waals surface area contributed by atoms with Gasteiger partial charge in [0.25, 0.3) is 11.9 Å². The number of pyridine rings is 1. The maximum absolute atomic E-state index is 6.95. The van der Waals surface area contributed by atoms with Crippen LogP contribution in [-0.4, -0.2) is 17.6 Å². The Morgan fingerprint density at radius 1 is 0.609 bits per heavy atom. The summed E-state index contributed by atoms with van der Waals surface area (Å²) < 4.78 is 14.7. The predicted molar refractivity (Wildman–Crippen MR) is 179 cm³/mol. The van der Waals surface area contributed by atoms with Gasteiger partial charge >= 0.3 is 17.0 Å². The molecule has 0 saturated carbocycles. The smallest absolute Gasteiger partial charge is 0.352 e. The summed E-state index contributed by atoms with van der Waals surface area (Å²) in [5.41, 5.74) is 11.0. The summed E-state index contributed by atoms with van der Waals surface area (Å²) in [6.07, 6.45) is 8.30. The van der Waals surface area contributed by atoms with Crippen molar-refractivity contribution in [3.63, 3.8) is 0 Å². The molecule has 5 aliphatic rings. The van der Waals surface area contributed by atoms with Gasteiger partial charge in [-0.1, -0.05) is 72.8 Å². The van der Waals surface area contributed by atoms with Gasteiger partial charge in [0.05, 0.1) is 11.6 Å². The first-order valence-electron chi connectivity index (χ1n) is 15.8. The molecule has 8 heterocycles. The van der Waals surface area contributed by atoms with Crippen molar-refractivity contribution in [1.82, 2.24) is 14.3 Å². The van der Waals surface area contributed by atoms with Gasteiger partial charge in [0.1, 0.15) is 22.0 Å². The molecule has 2 spiro atoms. The van der Waals surface area contributed by atoms with E-state index in [0.29, 0.717) is 4.70 Å². The van der Waals surface area contributed by atoms with Crippen LogP contribution in [0.5, 0.6) is 11.5 Å². The normalized spacial score (nSPS) is 18.4. The average Bonchev–Trinajstić information content (AvgIpc) is 3.72. The quantitative estimate of drug-likeness (QED) is 0.146. The fraction of sp³-hybridized carbons (Fsp3) is 0. The van der Waals surface area contributed by atoms with E-state index in [1.54, 1.807) is 0 Å². The molecule has 0 N–H and O–H groups in total. The fourth-order valence-corrected chi connectivity index (χ4v) is 15.5. The van der Waals surface area contributed by atoms with Gasteiger partial charge in [-0.25, -0.2) is 0 Å². The van der Waals surface area contributed by atoms with Crippen LogP contribution in [0, 0.1) is 0 Å². The van der Waals surface area contributed by atoms with Gasteiger partial charge in [-0.05, 0) is 57.9 Å². The minimum absolute atomic E-state index is 0.360. The van der Waals surface area contributed by atoms with Gasteiger partial charge in [0.15, 0.2) is 20.0 Å². The first kappa shape index (κ1) is 22.6. The molecule has 13 rings (SSSR count). The Morgan fingerprint density at radius 2 is 1.35 bits per heavy atom. The van der Waals surface area contributed by atoms with Gasteiger partial charge in [0.2, 0.25) is 11.4 Å². The summed E-state index contributed by atoms with van der Waals surface area (Å²) in [4.78, 5) is 4.62. The molecule has 0 saturated heterocycles. The molecule has 0 fully saturated rings. The van der Waals surface area contributed by atoms with E-state index < -0.39 is 8.07 Å². The third-order valence-electron chi connectivity index (χ3n) is 11.3. The molecule has 1 unspecified atom stereocenters. The Hall–Kier alpha value is -5.89. The standard InChI is InChI=1S/C39H22N5OSi/c1-3-14-31-23(8-1)24-9-2-4-15-32(24)46(31)33-16-6-10-25-26-12-7-20-42-39(26)43(35(25)33)36-34(46)18-17-30-38(36)44(42)37-27(11-5-13-29(37)45-30)28-22-40-19-21-41(28)44/h1-22H/q+3. The first-order chi connectivity index (χ1) is 22.8. The molecule has 210 valence electrons. The lowest BCUT2D eigenvalue weighted by molar-refractivity contribution is -1.02. The van der Waals surface area contributed by atoms with Gasteiger partial charge in [-0.3, -0.25) is 4.98 Å². The molecule has 5 aliphatic heterocycles. The zero-order valence-corrected chi connectivity index (χ0v) is 25.3. The monoisotopic (exact) mass is 604 g/mol. The lowest BCUT2D eigenvalue weighted by atomic mass is 10.1. The van der Waals surface area contributed by atoms with E-state index in [4.69, 9.17) is 4.74 Å². The number of rotatable bonds is 0. The minimum Gasteiger partial charge on any atom is -0.444 e. The van der Waals surface area contributed by atoms with E-state index in [1.165, 1.54) is 59.5 Å². The van der Waals surface area contributed by atoms with Crippen molar-refractivity contribution in [3.8, 4) is 39.6 Å². The van der Waals surface area contributed by atoms with Crippen LogP contribution in [0.25, 0.3) is 50.0 Å². The molecule has 1 atom stereocenters. The third-order valence-corrected chi connectivity index (χ3v) is 16.2. The van der Waals surface area contributed by atoms with Crippen molar-refractivity contribution in [3.05, 3.63) is 134 Å². The molecule has 6 nitrogen and oxygen atoms in total. The Bertz CT molecular complexity index is 2750. The highest BCUT2D eigenvalue weighted by atomic mass is 28.3. The van der Waals surface area contributed by atoms with Crippen molar-refractivity contribution in [2.45, 2.75) is 0 Å². The molecule has 3 aromatic heterocycles. The Kier molecular flexibility index (Phi) is 3.43. The fourth-order valence-electron chi connectivity index (χ4n) is 9.92. The SMILES string of the molecule is c1ccc2c(c1)-c1ccccc1[Si]21c2ccc3c4c2-n2c5c1cccc5c1ccc[n+](c12)[N+]41c2c(cccc2-c2cncc[n+]21)O3. The lowest BCUT2D eigenvalue weighted by Gasteiger charge is -2.38. The van der Waals surface area contributed by atoms with Crippen molar-refractivity contribution < 1.29 is 14.1 Å². The molecule has 0 aliphatic carbocycles. The minimum atomic E-state index is -2.77. The Balaban J connectivity index is 1.37. The number of ether oxygens (including phenoxy) is 1. The largest absolute Gasteiger partial charge is 0.444 e. The highest BCUT2D eigenvalue weighted by molar-refractivity contribution is 7.23. The van der Waals surface area contributed by atoms with E-state index in [1.807, 2.05) is 12.4 Å². The summed E-state index contributed by atoms with van der Waals surface area (Å²) in [5.74, 6) is 1.77. The summed E-state index contributed by atoms with van der Waals surface area (Å²) in [6.45, 7) is 0. The first-order valence-corrected chi connectivity index (χ1v) is 17.8. The topological polar surface area (TPSA) is 34.8 Å². The summed E-state index contributed by atoms with van der Waals surface area (Å²) in [7, 11) is -2.77. The van der Waals surface area contributed by atoms with Gasteiger partial charge < -0.3 is 4.74 Å². The van der Waals surface area contributed by atoms with Crippen LogP contribution in [0.15, 0.2) is 134 Å². The molecule has 8 aromatic rings. The van der Waals surface area contributed by atoms with Crippen LogP contribution in [0.2, 0.25) is 0 Å². The second-order valence-electron chi connectivity index (χ2n) is 12.9. The van der Waals surface area contributed by atoms with Crippen LogP contribution >= 0.6 is 0 Å². The van der Waals surface area contributed by atoms with Gasteiger partial charge in [0, 0.05) is 25.1 Å². The van der Waals surface area contributed by atoms with Crippen molar-refractivity contribution in [1.29, 1.82) is 0 Å². The van der Waals surface area contributed by atoms with E-state index in [-0.39, 0.29) is 0 Å². The molecule has 5 aromatic carbocycles. The number of aromatic nitrogens is 4. The third kappa shape index (κ3) is 2.00. The number of hydrogen-bond donors (Lipinski definition) is 0. The summed E-state index contributed by atoms with van der Waals surface area (Å²) >= 11 is 0. The van der Waals surface area contributed by atoms with Crippen LogP contribution < -0.4 is 39.5 Å². The van der Waals surface area contributed by atoms with E-state index in [0.717, 1.165) is 34.1 Å². The molecular formula is C39H22N5OSi+3. The Labute approximate surface area is 263 Å². The van der Waals surface area contributed by atoms with E-state index in [2.05, 4.69) is 140 Å². The molecular weight excluding hydrogens is 583 g/mol. The van der Waals surface area contributed by atoms with Crippen LogP contribution in [0.4, 0.5) is 11.4 Å². The molecule has 46 heavy (non-hydrogen) atoms. The second kappa shape index (κ2) is 6.99. The predicted octanol–water partition coefficient (Wildman–Crippen LogP) is 4.39. The maximum Gasteiger partial charge on any atom is 0.352 e. The molecule has 0 bridgehead atoms. The maximum atomic E-state index is 6.95. The van der Waals surface area contributed by atoms with Crippen molar-refractivity contribution in [2.24, 2.45) is 0 Å². The lowest BCUT2D eigenvalue weighted by Crippen LogP contribution is -2.85. The number of fused-ring (bicyclic) bond motifs is 10. The van der Waals surface area contributed by atoms with Crippen molar-refractivity contribution >= 4 is 62.1 Å². The highest BCUT2D eigenvalue weighted by Gasteiger charge is 2.71. The van der Waals surface area contributed by atoms with Crippen molar-refractivity contribution in [2.75, 3.05) is 0 Å². The number of para-hydroxylation sites is 2. The zero-order valence-electron chi connectivity index (χ0n) is 24.3. The van der Waals surface area contributed by atoms with E-state index >= 15 is 0 Å². The van der Waals surface area contributed by atoms with Crippen LogP contribution in [0.3, 0.4) is 0 Å². The number of hydrogen-bond acceptors (Lipinski definition) is 2. The average molecular weight is 605 g/mol. The van der Waals surface area contributed by atoms with Crippen LogP contribution in [0.1, 0.15) is 0 Å². The van der Waals surface area contributed by atoms with E-state index in [9.17, 15) is 0 Å². The summed E-state index contributed by atoms with van der Waals surface area (Å²) in [6, 6.07) is 41.0.